The van der Waals surface area contributed by atoms with Crippen LogP contribution in [-0.4, -0.2) is 22.5 Å². The Morgan fingerprint density at radius 2 is 1.76 bits per heavy atom. The molecule has 0 spiro atoms. The minimum atomic E-state index is -1.10. The summed E-state index contributed by atoms with van der Waals surface area (Å²) in [6.07, 6.45) is 5.56. The molecule has 0 radical (unpaired) electrons. The first-order chi connectivity index (χ1) is 10.1. The highest BCUT2D eigenvalue weighted by Gasteiger charge is 2.40. The van der Waals surface area contributed by atoms with E-state index in [-0.39, 0.29) is 5.91 Å². The molecule has 21 heavy (non-hydrogen) atoms. The molecule has 2 N–H and O–H groups in total. The molecule has 1 aliphatic rings. The molecule has 0 aromatic heterocycles. The molecule has 114 valence electrons. The van der Waals surface area contributed by atoms with Gasteiger partial charge in [0.2, 0.25) is 0 Å². The first-order valence-electron chi connectivity index (χ1n) is 7.73. The lowest BCUT2D eigenvalue weighted by atomic mass is 9.89. The maximum absolute atomic E-state index is 12.5. The van der Waals surface area contributed by atoms with E-state index in [0.29, 0.717) is 18.4 Å². The van der Waals surface area contributed by atoms with Crippen molar-refractivity contribution < 1.29 is 14.7 Å². The van der Waals surface area contributed by atoms with Crippen LogP contribution in [0.25, 0.3) is 0 Å². The fraction of sp³-hybridized carbons (Fsp3) is 0.529. The van der Waals surface area contributed by atoms with Gasteiger partial charge in [-0.3, -0.25) is 4.79 Å². The Bertz CT molecular complexity index is 517. The maximum Gasteiger partial charge on any atom is 0.329 e. The molecule has 1 aliphatic carbocycles. The summed E-state index contributed by atoms with van der Waals surface area (Å²) >= 11 is 0. The monoisotopic (exact) mass is 289 g/mol. The van der Waals surface area contributed by atoms with Gasteiger partial charge >= 0.3 is 5.97 Å². The summed E-state index contributed by atoms with van der Waals surface area (Å²) in [4.78, 5) is 24.3. The molecule has 1 saturated carbocycles. The van der Waals surface area contributed by atoms with Gasteiger partial charge in [-0.25, -0.2) is 4.79 Å². The van der Waals surface area contributed by atoms with Crippen molar-refractivity contribution >= 4 is 11.9 Å². The van der Waals surface area contributed by atoms with Crippen molar-refractivity contribution in [2.45, 2.75) is 57.4 Å². The van der Waals surface area contributed by atoms with E-state index in [1.54, 1.807) is 6.07 Å². The van der Waals surface area contributed by atoms with Gasteiger partial charge in [0.25, 0.3) is 5.91 Å². The second-order valence-electron chi connectivity index (χ2n) is 5.77. The van der Waals surface area contributed by atoms with E-state index in [4.69, 9.17) is 0 Å². The van der Waals surface area contributed by atoms with Gasteiger partial charge in [0, 0.05) is 5.56 Å². The standard InChI is InChI=1S/C17H23NO3/c1-2-13-9-5-6-10-14(13)15(19)18-17(16(20)21)11-7-3-4-8-12-17/h5-6,9-10H,2-4,7-8,11-12H2,1H3,(H,18,19)(H,20,21). The lowest BCUT2D eigenvalue weighted by molar-refractivity contribution is -0.145. The van der Waals surface area contributed by atoms with E-state index in [2.05, 4.69) is 5.32 Å². The van der Waals surface area contributed by atoms with Crippen molar-refractivity contribution in [2.24, 2.45) is 0 Å². The molecule has 2 rings (SSSR count). The van der Waals surface area contributed by atoms with Crippen LogP contribution in [0.3, 0.4) is 0 Å². The Labute approximate surface area is 125 Å². The number of aryl methyl sites for hydroxylation is 1. The van der Waals surface area contributed by atoms with Crippen LogP contribution in [0.1, 0.15) is 61.4 Å². The molecule has 1 fully saturated rings. The summed E-state index contributed by atoms with van der Waals surface area (Å²) in [5, 5.41) is 12.4. The number of nitrogens with one attached hydrogen (secondary N) is 1. The van der Waals surface area contributed by atoms with Crippen LogP contribution in [0.2, 0.25) is 0 Å². The Hall–Kier alpha value is -1.84. The predicted molar refractivity (Wildman–Crippen MR) is 81.4 cm³/mol. The lowest BCUT2D eigenvalue weighted by Gasteiger charge is -2.29. The van der Waals surface area contributed by atoms with Crippen molar-refractivity contribution in [3.05, 3.63) is 35.4 Å². The summed E-state index contributed by atoms with van der Waals surface area (Å²) in [5.41, 5.74) is 0.433. The van der Waals surface area contributed by atoms with Crippen molar-refractivity contribution in [1.29, 1.82) is 0 Å². The van der Waals surface area contributed by atoms with E-state index in [0.717, 1.165) is 37.7 Å². The third-order valence-corrected chi connectivity index (χ3v) is 4.36. The van der Waals surface area contributed by atoms with Gasteiger partial charge in [-0.2, -0.15) is 0 Å². The first kappa shape index (κ1) is 15.5. The number of rotatable bonds is 4. The van der Waals surface area contributed by atoms with Crippen LogP contribution in [0.15, 0.2) is 24.3 Å². The fourth-order valence-corrected chi connectivity index (χ4v) is 3.06. The van der Waals surface area contributed by atoms with Gasteiger partial charge in [-0.1, -0.05) is 50.8 Å². The number of carbonyl (C=O) groups excluding carboxylic acids is 1. The zero-order valence-electron chi connectivity index (χ0n) is 12.5. The topological polar surface area (TPSA) is 66.4 Å². The summed E-state index contributed by atoms with van der Waals surface area (Å²) in [6.45, 7) is 1.99. The molecule has 4 nitrogen and oxygen atoms in total. The molecule has 0 aliphatic heterocycles. The SMILES string of the molecule is CCc1ccccc1C(=O)NC1(C(=O)O)CCCCCC1. The number of amides is 1. The molecule has 0 bridgehead atoms. The molecule has 1 aromatic carbocycles. The van der Waals surface area contributed by atoms with Crippen molar-refractivity contribution in [3.63, 3.8) is 0 Å². The highest BCUT2D eigenvalue weighted by molar-refractivity contribution is 5.99. The number of carboxylic acids is 1. The zero-order valence-corrected chi connectivity index (χ0v) is 12.5. The third-order valence-electron chi connectivity index (χ3n) is 4.36. The van der Waals surface area contributed by atoms with Gasteiger partial charge in [-0.05, 0) is 30.9 Å². The van der Waals surface area contributed by atoms with Crippen molar-refractivity contribution in [2.75, 3.05) is 0 Å². The normalized spacial score (nSPS) is 17.8. The van der Waals surface area contributed by atoms with E-state index in [9.17, 15) is 14.7 Å². The van der Waals surface area contributed by atoms with Crippen LogP contribution in [-0.2, 0) is 11.2 Å². The van der Waals surface area contributed by atoms with E-state index in [1.807, 2.05) is 25.1 Å². The Balaban J connectivity index is 2.24. The molecular weight excluding hydrogens is 266 g/mol. The average Bonchev–Trinajstić information content (AvgIpc) is 2.73. The maximum atomic E-state index is 12.5. The van der Waals surface area contributed by atoms with Gasteiger partial charge in [0.1, 0.15) is 5.54 Å². The Morgan fingerprint density at radius 3 is 2.33 bits per heavy atom. The summed E-state index contributed by atoms with van der Waals surface area (Å²) in [5.74, 6) is -1.18. The van der Waals surface area contributed by atoms with Crippen LogP contribution < -0.4 is 5.32 Å². The quantitative estimate of drug-likeness (QED) is 0.837. The predicted octanol–water partition coefficient (Wildman–Crippen LogP) is 3.16. The molecule has 0 saturated heterocycles. The zero-order chi connectivity index (χ0) is 15.3. The molecule has 0 unspecified atom stereocenters. The van der Waals surface area contributed by atoms with Crippen LogP contribution in [0.5, 0.6) is 0 Å². The minimum Gasteiger partial charge on any atom is -0.480 e. The number of hydrogen-bond donors (Lipinski definition) is 2. The molecular formula is C17H23NO3. The van der Waals surface area contributed by atoms with Gasteiger partial charge in [0.05, 0.1) is 0 Å². The molecule has 0 heterocycles. The highest BCUT2D eigenvalue weighted by Crippen LogP contribution is 2.28. The Kier molecular flexibility index (Phi) is 4.99. The van der Waals surface area contributed by atoms with Crippen LogP contribution in [0, 0.1) is 0 Å². The van der Waals surface area contributed by atoms with Gasteiger partial charge in [0.15, 0.2) is 0 Å². The van der Waals surface area contributed by atoms with E-state index >= 15 is 0 Å². The number of hydrogen-bond acceptors (Lipinski definition) is 2. The summed E-state index contributed by atoms with van der Waals surface area (Å²) in [7, 11) is 0. The summed E-state index contributed by atoms with van der Waals surface area (Å²) in [6, 6.07) is 7.39. The minimum absolute atomic E-state index is 0.267. The second-order valence-corrected chi connectivity index (χ2v) is 5.77. The molecule has 1 aromatic rings. The van der Waals surface area contributed by atoms with Crippen LogP contribution in [0.4, 0.5) is 0 Å². The number of carbonyl (C=O) groups is 2. The molecule has 4 heteroatoms. The van der Waals surface area contributed by atoms with Gasteiger partial charge in [-0.15, -0.1) is 0 Å². The number of benzene rings is 1. The highest BCUT2D eigenvalue weighted by atomic mass is 16.4. The largest absolute Gasteiger partial charge is 0.480 e. The van der Waals surface area contributed by atoms with Crippen molar-refractivity contribution in [3.8, 4) is 0 Å². The van der Waals surface area contributed by atoms with Crippen LogP contribution >= 0.6 is 0 Å². The van der Waals surface area contributed by atoms with Crippen molar-refractivity contribution in [1.82, 2.24) is 5.32 Å². The van der Waals surface area contributed by atoms with Gasteiger partial charge < -0.3 is 10.4 Å². The first-order valence-corrected chi connectivity index (χ1v) is 7.73. The molecule has 1 amide bonds. The lowest BCUT2D eigenvalue weighted by Crippen LogP contribution is -2.54. The summed E-state index contributed by atoms with van der Waals surface area (Å²) < 4.78 is 0. The number of carboxylic acid groups (broad SMARTS) is 1. The second kappa shape index (κ2) is 6.74. The Morgan fingerprint density at radius 1 is 1.14 bits per heavy atom. The fourth-order valence-electron chi connectivity index (χ4n) is 3.06. The average molecular weight is 289 g/mol. The molecule has 0 atom stereocenters. The third kappa shape index (κ3) is 3.43. The van der Waals surface area contributed by atoms with E-state index in [1.165, 1.54) is 0 Å². The van der Waals surface area contributed by atoms with E-state index < -0.39 is 11.5 Å². The smallest absolute Gasteiger partial charge is 0.329 e. The number of aliphatic carboxylic acids is 1.